The number of nitrogens with one attached hydrogen (secondary N) is 1. The van der Waals surface area contributed by atoms with Crippen LogP contribution < -0.4 is 5.32 Å². The van der Waals surface area contributed by atoms with Crippen molar-refractivity contribution < 1.29 is 14.3 Å². The van der Waals surface area contributed by atoms with Gasteiger partial charge in [0.1, 0.15) is 0 Å². The van der Waals surface area contributed by atoms with E-state index in [0.29, 0.717) is 32.7 Å². The van der Waals surface area contributed by atoms with Crippen molar-refractivity contribution in [3.63, 3.8) is 0 Å². The zero-order chi connectivity index (χ0) is 20.1. The lowest BCUT2D eigenvalue weighted by molar-refractivity contribution is -0.139. The van der Waals surface area contributed by atoms with Crippen molar-refractivity contribution in [1.29, 1.82) is 0 Å². The van der Waals surface area contributed by atoms with Crippen molar-refractivity contribution >= 4 is 11.9 Å². The van der Waals surface area contributed by atoms with Gasteiger partial charge in [-0.1, -0.05) is 0 Å². The highest BCUT2D eigenvalue weighted by atomic mass is 16.5. The largest absolute Gasteiger partial charge is 0.383 e. The SMILES string of the molecule is COCCN1C[C@@]2(CCCN(C(=O)NCc3cnc(C)cc3C)C2)CCC1=O. The molecular weight excluding hydrogens is 356 g/mol. The van der Waals surface area contributed by atoms with Gasteiger partial charge in [-0.05, 0) is 50.3 Å². The molecule has 1 spiro atoms. The van der Waals surface area contributed by atoms with Gasteiger partial charge in [-0.2, -0.15) is 0 Å². The number of ether oxygens (including phenoxy) is 1. The topological polar surface area (TPSA) is 74.8 Å². The van der Waals surface area contributed by atoms with Crippen LogP contribution in [0.3, 0.4) is 0 Å². The number of hydrogen-bond donors (Lipinski definition) is 1. The zero-order valence-corrected chi connectivity index (χ0v) is 17.3. The highest BCUT2D eigenvalue weighted by molar-refractivity contribution is 5.77. The number of likely N-dealkylation sites (tertiary alicyclic amines) is 2. The minimum absolute atomic E-state index is 0.0125. The number of rotatable bonds is 5. The van der Waals surface area contributed by atoms with Gasteiger partial charge in [0, 0.05) is 63.6 Å². The van der Waals surface area contributed by atoms with Crippen LogP contribution in [-0.2, 0) is 16.1 Å². The number of aromatic nitrogens is 1. The number of piperidine rings is 2. The van der Waals surface area contributed by atoms with E-state index in [-0.39, 0.29) is 17.4 Å². The van der Waals surface area contributed by atoms with Crippen LogP contribution in [0.2, 0.25) is 0 Å². The van der Waals surface area contributed by atoms with Gasteiger partial charge in [-0.25, -0.2) is 4.79 Å². The second-order valence-corrected chi connectivity index (χ2v) is 8.24. The third-order valence-corrected chi connectivity index (χ3v) is 6.05. The summed E-state index contributed by atoms with van der Waals surface area (Å²) in [5.41, 5.74) is 3.18. The summed E-state index contributed by atoms with van der Waals surface area (Å²) >= 11 is 0. The van der Waals surface area contributed by atoms with Crippen LogP contribution in [0.4, 0.5) is 4.79 Å². The normalized spacial score (nSPS) is 22.6. The van der Waals surface area contributed by atoms with Crippen LogP contribution in [0, 0.1) is 19.3 Å². The van der Waals surface area contributed by atoms with Crippen LogP contribution in [-0.4, -0.2) is 66.6 Å². The van der Waals surface area contributed by atoms with Crippen LogP contribution in [0.1, 0.15) is 42.5 Å². The van der Waals surface area contributed by atoms with Crippen LogP contribution >= 0.6 is 0 Å². The second kappa shape index (κ2) is 8.90. The van der Waals surface area contributed by atoms with E-state index in [4.69, 9.17) is 4.74 Å². The Morgan fingerprint density at radius 2 is 2.14 bits per heavy atom. The van der Waals surface area contributed by atoms with Crippen LogP contribution in [0.15, 0.2) is 12.3 Å². The molecule has 0 aliphatic carbocycles. The highest BCUT2D eigenvalue weighted by Crippen LogP contribution is 2.38. The maximum atomic E-state index is 12.8. The smallest absolute Gasteiger partial charge is 0.317 e. The molecule has 154 valence electrons. The molecule has 7 nitrogen and oxygen atoms in total. The van der Waals surface area contributed by atoms with Gasteiger partial charge in [0.05, 0.1) is 6.61 Å². The number of carbonyl (C=O) groups excluding carboxylic acids is 2. The van der Waals surface area contributed by atoms with Gasteiger partial charge in [0.2, 0.25) is 5.91 Å². The second-order valence-electron chi connectivity index (χ2n) is 8.24. The first kappa shape index (κ1) is 20.6. The molecule has 1 aromatic heterocycles. The van der Waals surface area contributed by atoms with Crippen molar-refractivity contribution in [2.45, 2.75) is 46.1 Å². The first-order valence-corrected chi connectivity index (χ1v) is 10.1. The molecule has 3 heterocycles. The molecule has 0 unspecified atom stereocenters. The maximum absolute atomic E-state index is 12.8. The summed E-state index contributed by atoms with van der Waals surface area (Å²) in [6.45, 7) is 7.87. The van der Waals surface area contributed by atoms with Crippen molar-refractivity contribution in [1.82, 2.24) is 20.1 Å². The molecule has 2 saturated heterocycles. The molecule has 7 heteroatoms. The highest BCUT2D eigenvalue weighted by Gasteiger charge is 2.42. The fourth-order valence-corrected chi connectivity index (χ4v) is 4.41. The Bertz CT molecular complexity index is 724. The van der Waals surface area contributed by atoms with Crippen molar-refractivity contribution in [2.75, 3.05) is 39.9 Å². The van der Waals surface area contributed by atoms with E-state index in [9.17, 15) is 9.59 Å². The predicted octanol–water partition coefficient (Wildman–Crippen LogP) is 2.26. The van der Waals surface area contributed by atoms with E-state index in [1.165, 1.54) is 0 Å². The average molecular weight is 389 g/mol. The quantitative estimate of drug-likeness (QED) is 0.840. The molecule has 28 heavy (non-hydrogen) atoms. The predicted molar refractivity (Wildman–Crippen MR) is 107 cm³/mol. The Hall–Kier alpha value is -2.15. The molecule has 0 bridgehead atoms. The van der Waals surface area contributed by atoms with E-state index < -0.39 is 0 Å². The molecule has 2 aliphatic rings. The molecule has 3 rings (SSSR count). The number of methoxy groups -OCH3 is 1. The lowest BCUT2D eigenvalue weighted by Gasteiger charge is -2.48. The van der Waals surface area contributed by atoms with E-state index in [1.807, 2.05) is 35.9 Å². The molecular formula is C21H32N4O3. The molecule has 2 aliphatic heterocycles. The summed E-state index contributed by atoms with van der Waals surface area (Å²) in [7, 11) is 1.65. The number of amides is 3. The third kappa shape index (κ3) is 4.82. The Labute approximate surface area is 167 Å². The lowest BCUT2D eigenvalue weighted by Crippen LogP contribution is -2.56. The average Bonchev–Trinajstić information content (AvgIpc) is 2.68. The molecule has 0 aromatic carbocycles. The molecule has 0 saturated carbocycles. The minimum Gasteiger partial charge on any atom is -0.383 e. The summed E-state index contributed by atoms with van der Waals surface area (Å²) in [4.78, 5) is 33.2. The van der Waals surface area contributed by atoms with Gasteiger partial charge in [0.15, 0.2) is 0 Å². The third-order valence-electron chi connectivity index (χ3n) is 6.05. The number of pyridine rings is 1. The minimum atomic E-state index is -0.0283. The van der Waals surface area contributed by atoms with Gasteiger partial charge < -0.3 is 19.9 Å². The van der Waals surface area contributed by atoms with Crippen molar-refractivity contribution in [2.24, 2.45) is 5.41 Å². The first-order chi connectivity index (χ1) is 13.4. The van der Waals surface area contributed by atoms with E-state index in [1.54, 1.807) is 7.11 Å². The molecule has 1 N–H and O–H groups in total. The lowest BCUT2D eigenvalue weighted by atomic mass is 9.73. The monoisotopic (exact) mass is 388 g/mol. The maximum Gasteiger partial charge on any atom is 0.317 e. The number of hydrogen-bond acceptors (Lipinski definition) is 4. The molecule has 0 radical (unpaired) electrons. The number of carbonyl (C=O) groups is 2. The van der Waals surface area contributed by atoms with E-state index in [2.05, 4.69) is 10.3 Å². The van der Waals surface area contributed by atoms with E-state index in [0.717, 1.165) is 49.2 Å². The number of aryl methyl sites for hydroxylation is 2. The summed E-state index contributed by atoms with van der Waals surface area (Å²) in [6.07, 6.45) is 5.30. The fraction of sp³-hybridized carbons (Fsp3) is 0.667. The van der Waals surface area contributed by atoms with Crippen molar-refractivity contribution in [3.8, 4) is 0 Å². The fourth-order valence-electron chi connectivity index (χ4n) is 4.41. The van der Waals surface area contributed by atoms with E-state index >= 15 is 0 Å². The summed E-state index contributed by atoms with van der Waals surface area (Å²) in [5.74, 6) is 0.201. The summed E-state index contributed by atoms with van der Waals surface area (Å²) in [5, 5.41) is 3.05. The Morgan fingerprint density at radius 1 is 1.32 bits per heavy atom. The Kier molecular flexibility index (Phi) is 6.54. The van der Waals surface area contributed by atoms with Crippen LogP contribution in [0.25, 0.3) is 0 Å². The van der Waals surface area contributed by atoms with Gasteiger partial charge >= 0.3 is 6.03 Å². The Balaban J connectivity index is 1.59. The Morgan fingerprint density at radius 3 is 2.89 bits per heavy atom. The van der Waals surface area contributed by atoms with Gasteiger partial charge in [-0.15, -0.1) is 0 Å². The van der Waals surface area contributed by atoms with Gasteiger partial charge in [-0.3, -0.25) is 9.78 Å². The molecule has 1 aromatic rings. The molecule has 1 atom stereocenters. The van der Waals surface area contributed by atoms with Gasteiger partial charge in [0.25, 0.3) is 0 Å². The summed E-state index contributed by atoms with van der Waals surface area (Å²) < 4.78 is 5.15. The first-order valence-electron chi connectivity index (χ1n) is 10.1. The van der Waals surface area contributed by atoms with Crippen molar-refractivity contribution in [3.05, 3.63) is 29.1 Å². The zero-order valence-electron chi connectivity index (χ0n) is 17.3. The summed E-state index contributed by atoms with van der Waals surface area (Å²) in [6, 6.07) is 2.00. The van der Waals surface area contributed by atoms with Crippen LogP contribution in [0.5, 0.6) is 0 Å². The molecule has 3 amide bonds. The molecule has 2 fully saturated rings. The number of urea groups is 1. The standard InChI is InChI=1S/C21H32N4O3/c1-16-11-17(2)22-12-18(16)13-23-20(27)25-8-4-6-21(15-25)7-5-19(26)24(14-21)9-10-28-3/h11-12H,4-10,13-15H2,1-3H3,(H,23,27)/t21-/m1/s1. The number of nitrogens with zero attached hydrogens (tertiary/aromatic N) is 3.